The quantitative estimate of drug-likeness (QED) is 0.875. The summed E-state index contributed by atoms with van der Waals surface area (Å²) < 4.78 is 5.38. The lowest BCUT2D eigenvalue weighted by molar-refractivity contribution is 0.00651. The molecule has 0 aliphatic carbocycles. The molecule has 5 nitrogen and oxygen atoms in total. The minimum atomic E-state index is -0.524. The molecule has 1 N–H and O–H groups in total. The van der Waals surface area contributed by atoms with Gasteiger partial charge in [-0.25, -0.2) is 4.79 Å². The molecular weight excluding hydrogens is 254 g/mol. The summed E-state index contributed by atoms with van der Waals surface area (Å²) in [5, 5.41) is 7.76. The fourth-order valence-corrected chi connectivity index (χ4v) is 2.01. The second-order valence-corrected chi connectivity index (χ2v) is 6.19. The Kier molecular flexibility index (Phi) is 3.81. The zero-order valence-electron chi connectivity index (χ0n) is 12.7. The van der Waals surface area contributed by atoms with Crippen LogP contribution in [0.25, 0.3) is 10.9 Å². The predicted molar refractivity (Wildman–Crippen MR) is 78.7 cm³/mol. The topological polar surface area (TPSA) is 58.2 Å². The lowest BCUT2D eigenvalue weighted by Gasteiger charge is -2.18. The molecule has 108 valence electrons. The SMILES string of the molecule is CN(C)Cc1ccc2[nH]nc(C(=O)OC(C)(C)C)c2c1. The second kappa shape index (κ2) is 5.25. The van der Waals surface area contributed by atoms with Crippen LogP contribution in [-0.4, -0.2) is 40.8 Å². The third kappa shape index (κ3) is 3.36. The molecule has 0 bridgehead atoms. The van der Waals surface area contributed by atoms with Crippen LogP contribution in [0.2, 0.25) is 0 Å². The summed E-state index contributed by atoms with van der Waals surface area (Å²) in [6.45, 7) is 6.35. The molecule has 5 heteroatoms. The van der Waals surface area contributed by atoms with Crippen LogP contribution in [0.4, 0.5) is 0 Å². The van der Waals surface area contributed by atoms with Gasteiger partial charge >= 0.3 is 5.97 Å². The number of H-pyrrole nitrogens is 1. The predicted octanol–water partition coefficient (Wildman–Crippen LogP) is 2.58. The fraction of sp³-hybridized carbons (Fsp3) is 0.467. The van der Waals surface area contributed by atoms with Gasteiger partial charge in [-0.2, -0.15) is 5.10 Å². The van der Waals surface area contributed by atoms with Crippen LogP contribution in [-0.2, 0) is 11.3 Å². The van der Waals surface area contributed by atoms with E-state index in [9.17, 15) is 4.79 Å². The largest absolute Gasteiger partial charge is 0.455 e. The van der Waals surface area contributed by atoms with E-state index in [1.54, 1.807) is 0 Å². The number of nitrogens with one attached hydrogen (secondary N) is 1. The van der Waals surface area contributed by atoms with Gasteiger partial charge in [0.2, 0.25) is 0 Å². The van der Waals surface area contributed by atoms with Gasteiger partial charge in [0.05, 0.1) is 5.52 Å². The molecule has 0 aliphatic rings. The Labute approximate surface area is 118 Å². The first-order valence-electron chi connectivity index (χ1n) is 6.61. The Morgan fingerprint density at radius 2 is 2.05 bits per heavy atom. The van der Waals surface area contributed by atoms with Crippen LogP contribution >= 0.6 is 0 Å². The van der Waals surface area contributed by atoms with Crippen molar-refractivity contribution in [2.45, 2.75) is 32.9 Å². The average molecular weight is 275 g/mol. The number of nitrogens with zero attached hydrogens (tertiary/aromatic N) is 2. The number of aromatic nitrogens is 2. The van der Waals surface area contributed by atoms with Crippen LogP contribution in [0.3, 0.4) is 0 Å². The van der Waals surface area contributed by atoms with Crippen molar-refractivity contribution in [3.05, 3.63) is 29.5 Å². The molecule has 0 atom stereocenters. The lowest BCUT2D eigenvalue weighted by Crippen LogP contribution is -2.24. The van der Waals surface area contributed by atoms with Gasteiger partial charge in [0.1, 0.15) is 5.60 Å². The summed E-state index contributed by atoms with van der Waals surface area (Å²) in [5.74, 6) is -0.397. The van der Waals surface area contributed by atoms with Gasteiger partial charge in [0.25, 0.3) is 0 Å². The second-order valence-electron chi connectivity index (χ2n) is 6.19. The molecule has 2 rings (SSSR count). The van der Waals surface area contributed by atoms with E-state index in [2.05, 4.69) is 15.1 Å². The van der Waals surface area contributed by atoms with Crippen molar-refractivity contribution in [1.82, 2.24) is 15.1 Å². The van der Waals surface area contributed by atoms with E-state index in [1.807, 2.05) is 53.1 Å². The van der Waals surface area contributed by atoms with Crippen LogP contribution in [0.15, 0.2) is 18.2 Å². The number of carbonyl (C=O) groups excluding carboxylic acids is 1. The van der Waals surface area contributed by atoms with Crippen LogP contribution in [0.5, 0.6) is 0 Å². The van der Waals surface area contributed by atoms with Crippen molar-refractivity contribution in [3.63, 3.8) is 0 Å². The first-order chi connectivity index (χ1) is 9.26. The highest BCUT2D eigenvalue weighted by Crippen LogP contribution is 2.21. The number of carbonyl (C=O) groups is 1. The van der Waals surface area contributed by atoms with Crippen LogP contribution < -0.4 is 0 Å². The van der Waals surface area contributed by atoms with E-state index >= 15 is 0 Å². The normalized spacial score (nSPS) is 12.1. The van der Waals surface area contributed by atoms with Crippen LogP contribution in [0, 0.1) is 0 Å². The number of ether oxygens (including phenoxy) is 1. The highest BCUT2D eigenvalue weighted by atomic mass is 16.6. The number of rotatable bonds is 3. The maximum Gasteiger partial charge on any atom is 0.360 e. The summed E-state index contributed by atoms with van der Waals surface area (Å²) in [7, 11) is 4.02. The maximum absolute atomic E-state index is 12.2. The molecule has 0 fully saturated rings. The molecule has 0 amide bonds. The molecule has 0 saturated heterocycles. The average Bonchev–Trinajstić information content (AvgIpc) is 2.68. The molecule has 0 aliphatic heterocycles. The molecule has 1 aromatic carbocycles. The number of hydrogen-bond acceptors (Lipinski definition) is 4. The highest BCUT2D eigenvalue weighted by molar-refractivity contribution is 6.02. The van der Waals surface area contributed by atoms with Crippen molar-refractivity contribution in [2.75, 3.05) is 14.1 Å². The van der Waals surface area contributed by atoms with Gasteiger partial charge in [-0.1, -0.05) is 6.07 Å². The molecule has 0 unspecified atom stereocenters. The lowest BCUT2D eigenvalue weighted by atomic mass is 10.1. The molecule has 0 saturated carbocycles. The number of benzene rings is 1. The Morgan fingerprint density at radius 1 is 1.35 bits per heavy atom. The molecule has 2 aromatic rings. The zero-order valence-corrected chi connectivity index (χ0v) is 12.7. The van der Waals surface area contributed by atoms with Crippen molar-refractivity contribution in [1.29, 1.82) is 0 Å². The maximum atomic E-state index is 12.2. The summed E-state index contributed by atoms with van der Waals surface area (Å²) in [6.07, 6.45) is 0. The number of esters is 1. The smallest absolute Gasteiger partial charge is 0.360 e. The van der Waals surface area contributed by atoms with E-state index < -0.39 is 11.6 Å². The molecule has 1 heterocycles. The third-order valence-corrected chi connectivity index (χ3v) is 2.72. The number of hydrogen-bond donors (Lipinski definition) is 1. The molecule has 0 spiro atoms. The van der Waals surface area contributed by atoms with Crippen molar-refractivity contribution < 1.29 is 9.53 Å². The van der Waals surface area contributed by atoms with Gasteiger partial charge < -0.3 is 9.64 Å². The summed E-state index contributed by atoms with van der Waals surface area (Å²) in [4.78, 5) is 14.2. The summed E-state index contributed by atoms with van der Waals surface area (Å²) in [6, 6.07) is 5.95. The van der Waals surface area contributed by atoms with Gasteiger partial charge in [-0.3, -0.25) is 5.10 Å². The standard InChI is InChI=1S/C15H21N3O2/c1-15(2,3)20-14(19)13-11-8-10(9-18(4)5)6-7-12(11)16-17-13/h6-8H,9H2,1-5H3,(H,16,17). The Hall–Kier alpha value is -1.88. The number of fused-ring (bicyclic) bond motifs is 1. The fourth-order valence-electron chi connectivity index (χ4n) is 2.01. The molecular formula is C15H21N3O2. The third-order valence-electron chi connectivity index (χ3n) is 2.72. The van der Waals surface area contributed by atoms with E-state index in [-0.39, 0.29) is 0 Å². The van der Waals surface area contributed by atoms with Crippen LogP contribution in [0.1, 0.15) is 36.8 Å². The van der Waals surface area contributed by atoms with E-state index in [0.29, 0.717) is 5.69 Å². The van der Waals surface area contributed by atoms with E-state index in [1.165, 1.54) is 0 Å². The zero-order chi connectivity index (χ0) is 14.9. The van der Waals surface area contributed by atoms with Gasteiger partial charge in [0, 0.05) is 11.9 Å². The van der Waals surface area contributed by atoms with Gasteiger partial charge in [-0.05, 0) is 52.6 Å². The van der Waals surface area contributed by atoms with Crippen molar-refractivity contribution in [3.8, 4) is 0 Å². The minimum absolute atomic E-state index is 0.343. The Morgan fingerprint density at radius 3 is 2.65 bits per heavy atom. The van der Waals surface area contributed by atoms with Gasteiger partial charge in [0.15, 0.2) is 5.69 Å². The molecule has 20 heavy (non-hydrogen) atoms. The highest BCUT2D eigenvalue weighted by Gasteiger charge is 2.22. The monoisotopic (exact) mass is 275 g/mol. The molecule has 0 radical (unpaired) electrons. The first kappa shape index (κ1) is 14.5. The first-order valence-corrected chi connectivity index (χ1v) is 6.61. The van der Waals surface area contributed by atoms with Crippen molar-refractivity contribution in [2.24, 2.45) is 0 Å². The summed E-state index contributed by atoms with van der Waals surface area (Å²) in [5.41, 5.74) is 1.79. The van der Waals surface area contributed by atoms with Gasteiger partial charge in [-0.15, -0.1) is 0 Å². The Bertz CT molecular complexity index is 624. The minimum Gasteiger partial charge on any atom is -0.455 e. The van der Waals surface area contributed by atoms with E-state index in [0.717, 1.165) is 23.0 Å². The van der Waals surface area contributed by atoms with E-state index in [4.69, 9.17) is 4.74 Å². The summed E-state index contributed by atoms with van der Waals surface area (Å²) >= 11 is 0. The molecule has 1 aromatic heterocycles. The van der Waals surface area contributed by atoms with Crippen molar-refractivity contribution >= 4 is 16.9 Å². The Balaban J connectivity index is 2.36. The number of aromatic amines is 1.